The summed E-state index contributed by atoms with van der Waals surface area (Å²) < 4.78 is 5.78. The van der Waals surface area contributed by atoms with Gasteiger partial charge in [-0.3, -0.25) is 9.59 Å². The van der Waals surface area contributed by atoms with E-state index in [0.29, 0.717) is 19.7 Å². The zero-order chi connectivity index (χ0) is 25.2. The molecule has 0 bridgehead atoms. The summed E-state index contributed by atoms with van der Waals surface area (Å²) in [6.45, 7) is 3.62. The van der Waals surface area contributed by atoms with Gasteiger partial charge in [0, 0.05) is 17.5 Å². The first-order valence-electron chi connectivity index (χ1n) is 12.9. The van der Waals surface area contributed by atoms with E-state index in [1.165, 1.54) is 16.9 Å². The summed E-state index contributed by atoms with van der Waals surface area (Å²) in [4.78, 5) is 32.0. The lowest BCUT2D eigenvalue weighted by Gasteiger charge is -2.35. The lowest BCUT2D eigenvalue weighted by atomic mass is 9.94. The van der Waals surface area contributed by atoms with Crippen LogP contribution in [0.4, 0.5) is 0 Å². The number of rotatable bonds is 11. The monoisotopic (exact) mass is 504 g/mol. The Balaban J connectivity index is 1.46. The Morgan fingerprint density at radius 2 is 1.53 bits per heavy atom. The minimum Gasteiger partial charge on any atom is -0.367 e. The molecule has 4 rings (SSSR count). The summed E-state index contributed by atoms with van der Waals surface area (Å²) in [5, 5.41) is 2.07. The van der Waals surface area contributed by atoms with Crippen LogP contribution in [0.1, 0.15) is 53.7 Å². The van der Waals surface area contributed by atoms with Crippen LogP contribution < -0.4 is 0 Å². The van der Waals surface area contributed by atoms with E-state index in [1.807, 2.05) is 65.6 Å². The average molecular weight is 505 g/mol. The molecular formula is C30H36N2O3S. The molecule has 0 saturated heterocycles. The number of hydrogen-bond donors (Lipinski definition) is 0. The van der Waals surface area contributed by atoms with Crippen LogP contribution in [0.15, 0.2) is 72.1 Å². The molecule has 0 unspecified atom stereocenters. The topological polar surface area (TPSA) is 49.9 Å². The van der Waals surface area contributed by atoms with Crippen LogP contribution in [-0.4, -0.2) is 40.8 Å². The molecule has 190 valence electrons. The Labute approximate surface area is 218 Å². The van der Waals surface area contributed by atoms with Gasteiger partial charge in [0.2, 0.25) is 11.8 Å². The Hall–Kier alpha value is -2.96. The molecule has 0 atom stereocenters. The third-order valence-electron chi connectivity index (χ3n) is 6.85. The second kappa shape index (κ2) is 13.4. The number of nitrogens with zero attached hydrogens (tertiary/aromatic N) is 2. The van der Waals surface area contributed by atoms with Crippen molar-refractivity contribution in [3.8, 4) is 0 Å². The van der Waals surface area contributed by atoms with Crippen LogP contribution in [0.3, 0.4) is 0 Å². The molecule has 0 radical (unpaired) electrons. The van der Waals surface area contributed by atoms with E-state index in [2.05, 4.69) is 18.4 Å². The highest BCUT2D eigenvalue weighted by molar-refractivity contribution is 7.10. The zero-order valence-electron chi connectivity index (χ0n) is 21.1. The number of hydrogen-bond acceptors (Lipinski definition) is 4. The highest BCUT2D eigenvalue weighted by Crippen LogP contribution is 2.24. The van der Waals surface area contributed by atoms with Gasteiger partial charge in [-0.1, -0.05) is 79.9 Å². The van der Waals surface area contributed by atoms with Gasteiger partial charge in [0.15, 0.2) is 0 Å². The van der Waals surface area contributed by atoms with E-state index in [0.717, 1.165) is 36.8 Å². The maximum atomic E-state index is 13.7. The van der Waals surface area contributed by atoms with E-state index in [4.69, 9.17) is 4.74 Å². The Bertz CT molecular complexity index is 1090. The SMILES string of the molecule is Cc1ccsc1CN(Cc1ccccc1)C(=O)CN(C(=O)COCc1ccccc1)C1CCCCC1. The highest BCUT2D eigenvalue weighted by Gasteiger charge is 2.29. The zero-order valence-corrected chi connectivity index (χ0v) is 21.9. The third kappa shape index (κ3) is 7.52. The van der Waals surface area contributed by atoms with Crippen LogP contribution in [0, 0.1) is 6.92 Å². The summed E-state index contributed by atoms with van der Waals surface area (Å²) in [5.74, 6) is -0.119. The van der Waals surface area contributed by atoms with Gasteiger partial charge in [-0.2, -0.15) is 0 Å². The van der Waals surface area contributed by atoms with Crippen LogP contribution in [0.5, 0.6) is 0 Å². The first-order valence-corrected chi connectivity index (χ1v) is 13.7. The van der Waals surface area contributed by atoms with Crippen molar-refractivity contribution in [2.75, 3.05) is 13.2 Å². The number of carbonyl (C=O) groups excluding carboxylic acids is 2. The van der Waals surface area contributed by atoms with E-state index in [1.54, 1.807) is 16.2 Å². The Morgan fingerprint density at radius 3 is 2.17 bits per heavy atom. The Morgan fingerprint density at radius 1 is 0.861 bits per heavy atom. The van der Waals surface area contributed by atoms with Gasteiger partial charge in [-0.25, -0.2) is 0 Å². The molecular weight excluding hydrogens is 468 g/mol. The largest absolute Gasteiger partial charge is 0.367 e. The first-order chi connectivity index (χ1) is 17.6. The summed E-state index contributed by atoms with van der Waals surface area (Å²) in [7, 11) is 0. The molecule has 5 nitrogen and oxygen atoms in total. The summed E-state index contributed by atoms with van der Waals surface area (Å²) in [6, 6.07) is 22.1. The smallest absolute Gasteiger partial charge is 0.249 e. The van der Waals surface area contributed by atoms with Gasteiger partial charge in [0.25, 0.3) is 0 Å². The number of carbonyl (C=O) groups is 2. The summed E-state index contributed by atoms with van der Waals surface area (Å²) >= 11 is 1.67. The molecule has 1 heterocycles. The van der Waals surface area contributed by atoms with Crippen LogP contribution in [0.2, 0.25) is 0 Å². The standard InChI is InChI=1S/C30H36N2O3S/c1-24-17-18-36-28(24)20-31(19-25-11-5-2-6-12-25)29(33)21-32(27-15-9-4-10-16-27)30(34)23-35-22-26-13-7-3-8-14-26/h2-3,5-8,11-14,17-18,27H,4,9-10,15-16,19-23H2,1H3. The van der Waals surface area contributed by atoms with Gasteiger partial charge in [0.05, 0.1) is 13.2 Å². The molecule has 1 aromatic heterocycles. The summed E-state index contributed by atoms with van der Waals surface area (Å²) in [5.41, 5.74) is 3.31. The number of aryl methyl sites for hydroxylation is 1. The second-order valence-electron chi connectivity index (χ2n) is 9.55. The normalized spacial score (nSPS) is 13.9. The minimum absolute atomic E-state index is 0.0125. The molecule has 1 aliphatic carbocycles. The fourth-order valence-electron chi connectivity index (χ4n) is 4.75. The molecule has 2 aromatic carbocycles. The fourth-order valence-corrected chi connectivity index (χ4v) is 5.67. The van der Waals surface area contributed by atoms with Crippen molar-refractivity contribution in [2.24, 2.45) is 0 Å². The number of ether oxygens (including phenoxy) is 1. The van der Waals surface area contributed by atoms with Crippen molar-refractivity contribution in [3.63, 3.8) is 0 Å². The van der Waals surface area contributed by atoms with Crippen LogP contribution in [0.25, 0.3) is 0 Å². The molecule has 36 heavy (non-hydrogen) atoms. The number of thiophene rings is 1. The van der Waals surface area contributed by atoms with Gasteiger partial charge in [-0.05, 0) is 47.9 Å². The predicted molar refractivity (Wildman–Crippen MR) is 144 cm³/mol. The maximum absolute atomic E-state index is 13.7. The van der Waals surface area contributed by atoms with E-state index >= 15 is 0 Å². The molecule has 6 heteroatoms. The van der Waals surface area contributed by atoms with E-state index in [9.17, 15) is 9.59 Å². The fraction of sp³-hybridized carbons (Fsp3) is 0.400. The highest BCUT2D eigenvalue weighted by atomic mass is 32.1. The van der Waals surface area contributed by atoms with Crippen molar-refractivity contribution in [1.82, 2.24) is 9.80 Å². The molecule has 1 saturated carbocycles. The molecule has 0 N–H and O–H groups in total. The predicted octanol–water partition coefficient (Wildman–Crippen LogP) is 5.96. The van der Waals surface area contributed by atoms with Crippen molar-refractivity contribution < 1.29 is 14.3 Å². The first kappa shape index (κ1) is 26.1. The lowest BCUT2D eigenvalue weighted by Crippen LogP contribution is -2.49. The van der Waals surface area contributed by atoms with Crippen molar-refractivity contribution in [2.45, 2.75) is 64.8 Å². The van der Waals surface area contributed by atoms with Gasteiger partial charge in [0.1, 0.15) is 13.2 Å². The van der Waals surface area contributed by atoms with Gasteiger partial charge >= 0.3 is 0 Å². The molecule has 0 aliphatic heterocycles. The van der Waals surface area contributed by atoms with Crippen molar-refractivity contribution in [1.29, 1.82) is 0 Å². The lowest BCUT2D eigenvalue weighted by molar-refractivity contribution is -0.147. The van der Waals surface area contributed by atoms with Gasteiger partial charge in [-0.15, -0.1) is 11.3 Å². The van der Waals surface area contributed by atoms with Gasteiger partial charge < -0.3 is 14.5 Å². The molecule has 3 aromatic rings. The maximum Gasteiger partial charge on any atom is 0.249 e. The quantitative estimate of drug-likeness (QED) is 0.324. The van der Waals surface area contributed by atoms with E-state index in [-0.39, 0.29) is 31.0 Å². The molecule has 0 spiro atoms. The average Bonchev–Trinajstić information content (AvgIpc) is 3.32. The molecule has 2 amide bonds. The number of benzene rings is 2. The second-order valence-corrected chi connectivity index (χ2v) is 10.6. The van der Waals surface area contributed by atoms with Crippen LogP contribution >= 0.6 is 11.3 Å². The third-order valence-corrected chi connectivity index (χ3v) is 7.86. The minimum atomic E-state index is -0.0989. The summed E-state index contributed by atoms with van der Waals surface area (Å²) in [6.07, 6.45) is 5.26. The molecule has 1 fully saturated rings. The molecule has 1 aliphatic rings. The van der Waals surface area contributed by atoms with Crippen LogP contribution in [-0.2, 0) is 34.0 Å². The van der Waals surface area contributed by atoms with Crippen molar-refractivity contribution in [3.05, 3.63) is 93.7 Å². The number of amides is 2. The van der Waals surface area contributed by atoms with Crippen molar-refractivity contribution >= 4 is 23.2 Å². The van der Waals surface area contributed by atoms with E-state index < -0.39 is 0 Å². The Kier molecular flexibility index (Phi) is 9.70.